The van der Waals surface area contributed by atoms with Crippen LogP contribution in [0.5, 0.6) is 0 Å². The summed E-state index contributed by atoms with van der Waals surface area (Å²) in [5, 5.41) is 4.32. The van der Waals surface area contributed by atoms with Crippen LogP contribution in [-0.4, -0.2) is 10.9 Å². The molecule has 0 saturated carbocycles. The second-order valence-corrected chi connectivity index (χ2v) is 5.84. The van der Waals surface area contributed by atoms with E-state index in [-0.39, 0.29) is 11.9 Å². The second kappa shape index (κ2) is 5.85. The molecule has 5 heteroatoms. The standard InChI is InChI=1S/C15H12ClFN2S/c16-12-8-11(17)6-7-13(12)18-15-19-14(9-20-15)10-4-2-1-3-5-10/h1-8,14H,9H2,(H,18,19). The summed E-state index contributed by atoms with van der Waals surface area (Å²) < 4.78 is 13.0. The van der Waals surface area contributed by atoms with Crippen molar-refractivity contribution in [1.82, 2.24) is 0 Å². The van der Waals surface area contributed by atoms with E-state index >= 15 is 0 Å². The van der Waals surface area contributed by atoms with Crippen LogP contribution in [0, 0.1) is 5.82 Å². The maximum absolute atomic E-state index is 13.0. The first kappa shape index (κ1) is 13.5. The Kier molecular flexibility index (Phi) is 3.94. The molecule has 20 heavy (non-hydrogen) atoms. The number of halogens is 2. The van der Waals surface area contributed by atoms with Crippen LogP contribution in [0.25, 0.3) is 0 Å². The Morgan fingerprint density at radius 3 is 2.75 bits per heavy atom. The summed E-state index contributed by atoms with van der Waals surface area (Å²) in [6.45, 7) is 0. The predicted octanol–water partition coefficient (Wildman–Crippen LogP) is 4.74. The zero-order valence-electron chi connectivity index (χ0n) is 10.5. The van der Waals surface area contributed by atoms with E-state index in [1.807, 2.05) is 18.2 Å². The maximum atomic E-state index is 13.0. The van der Waals surface area contributed by atoms with Crippen LogP contribution in [0.3, 0.4) is 0 Å². The van der Waals surface area contributed by atoms with Crippen LogP contribution in [0.2, 0.25) is 5.02 Å². The van der Waals surface area contributed by atoms with Gasteiger partial charge in [-0.15, -0.1) is 0 Å². The number of aliphatic imine (C=N–C) groups is 1. The van der Waals surface area contributed by atoms with Crippen molar-refractivity contribution >= 4 is 34.2 Å². The van der Waals surface area contributed by atoms with Gasteiger partial charge in [0.05, 0.1) is 16.8 Å². The highest BCUT2D eigenvalue weighted by Gasteiger charge is 2.20. The fraction of sp³-hybridized carbons (Fsp3) is 0.133. The van der Waals surface area contributed by atoms with Gasteiger partial charge in [0, 0.05) is 5.75 Å². The van der Waals surface area contributed by atoms with E-state index in [0.29, 0.717) is 10.7 Å². The van der Waals surface area contributed by atoms with Crippen molar-refractivity contribution in [2.75, 3.05) is 11.1 Å². The summed E-state index contributed by atoms with van der Waals surface area (Å²) in [6.07, 6.45) is 0. The topological polar surface area (TPSA) is 24.4 Å². The summed E-state index contributed by atoms with van der Waals surface area (Å²) >= 11 is 7.63. The molecule has 1 N–H and O–H groups in total. The lowest BCUT2D eigenvalue weighted by molar-refractivity contribution is 0.628. The largest absolute Gasteiger partial charge is 0.334 e. The summed E-state index contributed by atoms with van der Waals surface area (Å²) in [5.74, 6) is 0.550. The smallest absolute Gasteiger partial charge is 0.161 e. The lowest BCUT2D eigenvalue weighted by atomic mass is 10.1. The van der Waals surface area contributed by atoms with E-state index in [0.717, 1.165) is 10.9 Å². The Labute approximate surface area is 126 Å². The Morgan fingerprint density at radius 1 is 1.20 bits per heavy atom. The second-order valence-electron chi connectivity index (χ2n) is 4.42. The number of benzene rings is 2. The number of hydrogen-bond acceptors (Lipinski definition) is 3. The summed E-state index contributed by atoms with van der Waals surface area (Å²) in [4.78, 5) is 4.63. The maximum Gasteiger partial charge on any atom is 0.161 e. The molecule has 2 nitrogen and oxygen atoms in total. The first-order chi connectivity index (χ1) is 9.72. The van der Waals surface area contributed by atoms with Gasteiger partial charge in [-0.1, -0.05) is 53.7 Å². The molecule has 1 heterocycles. The molecule has 1 unspecified atom stereocenters. The van der Waals surface area contributed by atoms with Crippen LogP contribution in [0.4, 0.5) is 10.1 Å². The molecule has 3 rings (SSSR count). The van der Waals surface area contributed by atoms with Crippen molar-refractivity contribution in [1.29, 1.82) is 0 Å². The predicted molar refractivity (Wildman–Crippen MR) is 84.1 cm³/mol. The molecule has 0 spiro atoms. The molecule has 0 saturated heterocycles. The third kappa shape index (κ3) is 2.97. The highest BCUT2D eigenvalue weighted by Crippen LogP contribution is 2.32. The first-order valence-corrected chi connectivity index (χ1v) is 7.56. The van der Waals surface area contributed by atoms with Crippen LogP contribution >= 0.6 is 23.4 Å². The zero-order valence-corrected chi connectivity index (χ0v) is 12.1. The third-order valence-corrected chi connectivity index (χ3v) is 4.28. The van der Waals surface area contributed by atoms with Gasteiger partial charge in [-0.05, 0) is 23.8 Å². The Balaban J connectivity index is 1.76. The molecule has 0 aromatic heterocycles. The quantitative estimate of drug-likeness (QED) is 0.867. The molecule has 0 bridgehead atoms. The van der Waals surface area contributed by atoms with Crippen molar-refractivity contribution in [2.45, 2.75) is 6.04 Å². The van der Waals surface area contributed by atoms with Gasteiger partial charge in [0.25, 0.3) is 0 Å². The van der Waals surface area contributed by atoms with E-state index < -0.39 is 0 Å². The van der Waals surface area contributed by atoms with Crippen LogP contribution in [0.1, 0.15) is 11.6 Å². The fourth-order valence-corrected chi connectivity index (χ4v) is 3.18. The van der Waals surface area contributed by atoms with Crippen LogP contribution < -0.4 is 5.32 Å². The normalized spacial score (nSPS) is 17.9. The van der Waals surface area contributed by atoms with Gasteiger partial charge in [-0.25, -0.2) is 4.39 Å². The van der Waals surface area contributed by atoms with Gasteiger partial charge >= 0.3 is 0 Å². The minimum Gasteiger partial charge on any atom is -0.334 e. The van der Waals surface area contributed by atoms with Crippen molar-refractivity contribution < 1.29 is 4.39 Å². The number of nitrogens with zero attached hydrogens (tertiary/aromatic N) is 1. The number of thioether (sulfide) groups is 1. The minimum absolute atomic E-state index is 0.155. The molecular formula is C15H12ClFN2S. The molecule has 1 aliphatic rings. The van der Waals surface area contributed by atoms with Crippen molar-refractivity contribution in [3.8, 4) is 0 Å². The lowest BCUT2D eigenvalue weighted by Gasteiger charge is -2.07. The van der Waals surface area contributed by atoms with Crippen molar-refractivity contribution in [3.05, 3.63) is 64.9 Å². The molecule has 2 aromatic carbocycles. The molecule has 1 aliphatic heterocycles. The van der Waals surface area contributed by atoms with E-state index in [1.54, 1.807) is 17.8 Å². The summed E-state index contributed by atoms with van der Waals surface area (Å²) in [6, 6.07) is 14.6. The minimum atomic E-state index is -0.344. The van der Waals surface area contributed by atoms with Gasteiger partial charge in [-0.2, -0.15) is 0 Å². The molecule has 1 atom stereocenters. The molecule has 102 valence electrons. The molecule has 2 aromatic rings. The Morgan fingerprint density at radius 2 is 2.00 bits per heavy atom. The third-order valence-electron chi connectivity index (χ3n) is 3.01. The average molecular weight is 307 g/mol. The first-order valence-electron chi connectivity index (χ1n) is 6.20. The number of nitrogens with one attached hydrogen (secondary N) is 1. The van der Waals surface area contributed by atoms with Crippen molar-refractivity contribution in [3.63, 3.8) is 0 Å². The van der Waals surface area contributed by atoms with E-state index in [1.165, 1.54) is 17.7 Å². The van der Waals surface area contributed by atoms with Gasteiger partial charge in [0.1, 0.15) is 5.82 Å². The van der Waals surface area contributed by atoms with E-state index in [9.17, 15) is 4.39 Å². The van der Waals surface area contributed by atoms with Gasteiger partial charge in [0.2, 0.25) is 0 Å². The highest BCUT2D eigenvalue weighted by molar-refractivity contribution is 8.14. The number of hydrogen-bond donors (Lipinski definition) is 1. The molecule has 0 radical (unpaired) electrons. The molecule has 0 fully saturated rings. The van der Waals surface area contributed by atoms with Crippen LogP contribution in [-0.2, 0) is 0 Å². The number of rotatable bonds is 2. The summed E-state index contributed by atoms with van der Waals surface area (Å²) in [7, 11) is 0. The summed E-state index contributed by atoms with van der Waals surface area (Å²) in [5.41, 5.74) is 1.87. The number of anilines is 1. The monoisotopic (exact) mass is 306 g/mol. The van der Waals surface area contributed by atoms with Gasteiger partial charge in [0.15, 0.2) is 5.17 Å². The SMILES string of the molecule is Fc1ccc(NC2=NC(c3ccccc3)CS2)c(Cl)c1. The Hall–Kier alpha value is -1.52. The van der Waals surface area contributed by atoms with Crippen LogP contribution in [0.15, 0.2) is 53.5 Å². The van der Waals surface area contributed by atoms with Crippen molar-refractivity contribution in [2.24, 2.45) is 4.99 Å². The Bertz CT molecular complexity index is 646. The zero-order chi connectivity index (χ0) is 13.9. The molecular weight excluding hydrogens is 295 g/mol. The molecule has 0 aliphatic carbocycles. The number of amidine groups is 1. The van der Waals surface area contributed by atoms with Gasteiger partial charge < -0.3 is 5.32 Å². The van der Waals surface area contributed by atoms with Gasteiger partial charge in [-0.3, -0.25) is 4.99 Å². The highest BCUT2D eigenvalue weighted by atomic mass is 35.5. The molecule has 0 amide bonds. The van der Waals surface area contributed by atoms with E-state index in [2.05, 4.69) is 22.4 Å². The fourth-order valence-electron chi connectivity index (χ4n) is 1.99. The average Bonchev–Trinajstić information content (AvgIpc) is 2.92. The lowest BCUT2D eigenvalue weighted by Crippen LogP contribution is -2.05. The van der Waals surface area contributed by atoms with E-state index in [4.69, 9.17) is 11.6 Å².